The lowest BCUT2D eigenvalue weighted by molar-refractivity contribution is -0.0651. The number of amides is 1. The summed E-state index contributed by atoms with van der Waals surface area (Å²) in [5.41, 5.74) is 0.161. The molecule has 1 aliphatic heterocycles. The van der Waals surface area contributed by atoms with E-state index in [9.17, 15) is 9.90 Å². The van der Waals surface area contributed by atoms with Crippen LogP contribution in [0.4, 0.5) is 4.79 Å². The van der Waals surface area contributed by atoms with E-state index in [0.29, 0.717) is 31.9 Å². The molecule has 1 heterocycles. The molecule has 2 aromatic carbocycles. The molecule has 6 nitrogen and oxygen atoms in total. The van der Waals surface area contributed by atoms with Gasteiger partial charge in [-0.15, -0.1) is 0 Å². The fourth-order valence-corrected chi connectivity index (χ4v) is 4.99. The Hall–Kier alpha value is -2.57. The van der Waals surface area contributed by atoms with Gasteiger partial charge in [0.2, 0.25) is 0 Å². The number of aliphatic hydroxyl groups is 1. The van der Waals surface area contributed by atoms with Gasteiger partial charge in [0.25, 0.3) is 0 Å². The van der Waals surface area contributed by atoms with Crippen molar-refractivity contribution >= 4 is 6.09 Å². The smallest absolute Gasteiger partial charge is 0.410 e. The Labute approximate surface area is 216 Å². The number of hydrogen-bond acceptors (Lipinski definition) is 5. The van der Waals surface area contributed by atoms with Crippen LogP contribution in [0.5, 0.6) is 11.5 Å². The zero-order valence-corrected chi connectivity index (χ0v) is 22.6. The van der Waals surface area contributed by atoms with Gasteiger partial charge in [-0.2, -0.15) is 0 Å². The van der Waals surface area contributed by atoms with Crippen LogP contribution in [-0.4, -0.2) is 48.5 Å². The molecule has 0 aromatic heterocycles. The number of para-hydroxylation sites is 2. The Balaban J connectivity index is 1.94. The van der Waals surface area contributed by atoms with Crippen LogP contribution < -0.4 is 4.74 Å². The highest BCUT2D eigenvalue weighted by atomic mass is 16.6. The molecule has 1 unspecified atom stereocenters. The van der Waals surface area contributed by atoms with Crippen molar-refractivity contribution in [3.63, 3.8) is 0 Å². The molecule has 2 aromatic rings. The lowest BCUT2D eigenvalue weighted by Crippen LogP contribution is -2.49. The molecular formula is C30H43NO5. The van der Waals surface area contributed by atoms with Crippen LogP contribution in [0.15, 0.2) is 48.5 Å². The number of rotatable bonds is 10. The number of nitrogens with zero attached hydrogens (tertiary/aromatic N) is 1. The topological polar surface area (TPSA) is 68.2 Å². The van der Waals surface area contributed by atoms with Gasteiger partial charge in [0.05, 0.1) is 5.60 Å². The van der Waals surface area contributed by atoms with Crippen molar-refractivity contribution in [1.82, 2.24) is 4.90 Å². The van der Waals surface area contributed by atoms with E-state index >= 15 is 0 Å². The molecule has 0 radical (unpaired) electrons. The third kappa shape index (κ3) is 7.23. The molecule has 1 aliphatic rings. The third-order valence-corrected chi connectivity index (χ3v) is 6.83. The molecule has 36 heavy (non-hydrogen) atoms. The molecule has 0 aliphatic carbocycles. The van der Waals surface area contributed by atoms with Crippen LogP contribution in [0.2, 0.25) is 0 Å². The van der Waals surface area contributed by atoms with Gasteiger partial charge < -0.3 is 24.2 Å². The predicted molar refractivity (Wildman–Crippen MR) is 142 cm³/mol. The van der Waals surface area contributed by atoms with Crippen LogP contribution in [0, 0.1) is 5.92 Å². The molecule has 6 heteroatoms. The van der Waals surface area contributed by atoms with Crippen molar-refractivity contribution in [3.8, 4) is 11.5 Å². The fraction of sp³-hybridized carbons (Fsp3) is 0.567. The summed E-state index contributed by atoms with van der Waals surface area (Å²) in [6.45, 7) is 9.45. The summed E-state index contributed by atoms with van der Waals surface area (Å²) in [5, 5.41) is 12.4. The maximum atomic E-state index is 12.9. The summed E-state index contributed by atoms with van der Waals surface area (Å²) in [4.78, 5) is 14.6. The lowest BCUT2D eigenvalue weighted by atomic mass is 9.73. The molecule has 3 rings (SSSR count). The number of benzene rings is 2. The number of carbonyl (C=O) groups is 1. The van der Waals surface area contributed by atoms with Gasteiger partial charge in [0.15, 0.2) is 0 Å². The number of aryl methyl sites for hydroxylation is 1. The standard InChI is InChI=1S/C30H43NO5/c1-6-23-14-7-9-17-26(23)35-27-18-10-8-16-25(27)30(33,19-11-12-21-34-5)24-15-13-20-31(22-24)28(32)36-29(2,3)4/h7-10,14,16-18,24,33H,6,11-13,15,19-22H2,1-5H3/t24?,30-/m0/s1. The average Bonchev–Trinajstić information content (AvgIpc) is 2.86. The first-order valence-corrected chi connectivity index (χ1v) is 13.2. The first-order valence-electron chi connectivity index (χ1n) is 13.2. The molecule has 0 bridgehead atoms. The van der Waals surface area contributed by atoms with Gasteiger partial charge in [0, 0.05) is 38.3 Å². The van der Waals surface area contributed by atoms with E-state index in [2.05, 4.69) is 13.0 Å². The minimum absolute atomic E-state index is 0.146. The Bertz CT molecular complexity index is 985. The predicted octanol–water partition coefficient (Wildman–Crippen LogP) is 6.69. The summed E-state index contributed by atoms with van der Waals surface area (Å²) in [6, 6.07) is 15.8. The van der Waals surface area contributed by atoms with E-state index in [1.165, 1.54) is 0 Å². The Morgan fingerprint density at radius 2 is 1.75 bits per heavy atom. The largest absolute Gasteiger partial charge is 0.457 e. The molecule has 2 atom stereocenters. The van der Waals surface area contributed by atoms with E-state index in [4.69, 9.17) is 14.2 Å². The van der Waals surface area contributed by atoms with Gasteiger partial charge in [-0.05, 0) is 77.0 Å². The second-order valence-corrected chi connectivity index (χ2v) is 10.7. The quantitative estimate of drug-likeness (QED) is 0.370. The molecule has 198 valence electrons. The number of piperidine rings is 1. The van der Waals surface area contributed by atoms with E-state index < -0.39 is 11.2 Å². The minimum atomic E-state index is -1.16. The number of ether oxygens (including phenoxy) is 3. The van der Waals surface area contributed by atoms with E-state index in [1.54, 1.807) is 12.0 Å². The normalized spacial score (nSPS) is 17.9. The summed E-state index contributed by atoms with van der Waals surface area (Å²) in [5.74, 6) is 1.31. The Morgan fingerprint density at radius 1 is 1.06 bits per heavy atom. The highest BCUT2D eigenvalue weighted by Gasteiger charge is 2.43. The highest BCUT2D eigenvalue weighted by Crippen LogP contribution is 2.44. The van der Waals surface area contributed by atoms with Crippen molar-refractivity contribution in [3.05, 3.63) is 59.7 Å². The third-order valence-electron chi connectivity index (χ3n) is 6.83. The number of carbonyl (C=O) groups excluding carboxylic acids is 1. The van der Waals surface area contributed by atoms with Gasteiger partial charge in [0.1, 0.15) is 17.1 Å². The van der Waals surface area contributed by atoms with Gasteiger partial charge >= 0.3 is 6.09 Å². The number of likely N-dealkylation sites (tertiary alicyclic amines) is 1. The van der Waals surface area contributed by atoms with Crippen molar-refractivity contribution in [2.24, 2.45) is 5.92 Å². The molecule has 1 amide bonds. The van der Waals surface area contributed by atoms with Crippen LogP contribution in [0.25, 0.3) is 0 Å². The summed E-state index contributed by atoms with van der Waals surface area (Å²) >= 11 is 0. The maximum absolute atomic E-state index is 12.9. The van der Waals surface area contributed by atoms with Gasteiger partial charge in [-0.3, -0.25) is 0 Å². The van der Waals surface area contributed by atoms with Crippen molar-refractivity contribution in [2.75, 3.05) is 26.8 Å². The first-order chi connectivity index (χ1) is 17.2. The van der Waals surface area contributed by atoms with Crippen LogP contribution in [0.1, 0.15) is 70.9 Å². The molecule has 0 saturated carbocycles. The van der Waals surface area contributed by atoms with Gasteiger partial charge in [-0.25, -0.2) is 4.79 Å². The maximum Gasteiger partial charge on any atom is 0.410 e. The molecule has 0 spiro atoms. The molecule has 1 fully saturated rings. The monoisotopic (exact) mass is 497 g/mol. The zero-order chi connectivity index (χ0) is 26.2. The Kier molecular flexibility index (Phi) is 9.80. The first kappa shape index (κ1) is 28.0. The summed E-state index contributed by atoms with van der Waals surface area (Å²) in [7, 11) is 1.69. The average molecular weight is 498 g/mol. The molecule has 1 N–H and O–H groups in total. The zero-order valence-electron chi connectivity index (χ0n) is 22.6. The van der Waals surface area contributed by atoms with Crippen molar-refractivity contribution in [2.45, 2.75) is 77.4 Å². The number of hydrogen-bond donors (Lipinski definition) is 1. The second kappa shape index (κ2) is 12.6. The van der Waals surface area contributed by atoms with Crippen molar-refractivity contribution in [1.29, 1.82) is 0 Å². The van der Waals surface area contributed by atoms with Gasteiger partial charge in [-0.1, -0.05) is 43.3 Å². The summed E-state index contributed by atoms with van der Waals surface area (Å²) < 4.78 is 17.4. The fourth-order valence-electron chi connectivity index (χ4n) is 4.99. The van der Waals surface area contributed by atoms with Crippen LogP contribution in [0.3, 0.4) is 0 Å². The van der Waals surface area contributed by atoms with Crippen LogP contribution >= 0.6 is 0 Å². The highest BCUT2D eigenvalue weighted by molar-refractivity contribution is 5.68. The number of unbranched alkanes of at least 4 members (excludes halogenated alkanes) is 1. The van der Waals surface area contributed by atoms with Crippen LogP contribution in [-0.2, 0) is 21.5 Å². The second-order valence-electron chi connectivity index (χ2n) is 10.7. The van der Waals surface area contributed by atoms with E-state index in [-0.39, 0.29) is 12.0 Å². The lowest BCUT2D eigenvalue weighted by Gasteiger charge is -2.43. The summed E-state index contributed by atoms with van der Waals surface area (Å²) in [6.07, 6.45) is 4.36. The van der Waals surface area contributed by atoms with Crippen molar-refractivity contribution < 1.29 is 24.1 Å². The molecular weight excluding hydrogens is 454 g/mol. The van der Waals surface area contributed by atoms with E-state index in [0.717, 1.165) is 49.0 Å². The molecule has 1 saturated heterocycles. The SMILES string of the molecule is CCc1ccccc1Oc1ccccc1[C@](O)(CCCCOC)C1CCCN(C(=O)OC(C)(C)C)C1. The Morgan fingerprint density at radius 3 is 2.44 bits per heavy atom. The minimum Gasteiger partial charge on any atom is -0.457 e. The number of methoxy groups -OCH3 is 1. The van der Waals surface area contributed by atoms with E-state index in [1.807, 2.05) is 63.2 Å².